The molecule has 0 fully saturated rings. The lowest BCUT2D eigenvalue weighted by Gasteiger charge is -2.34. The summed E-state index contributed by atoms with van der Waals surface area (Å²) in [5.41, 5.74) is 1.86. The molecular formula is C29H33BrClN3O4S. The summed E-state index contributed by atoms with van der Waals surface area (Å²) >= 11 is 9.82. The van der Waals surface area contributed by atoms with Crippen molar-refractivity contribution in [3.8, 4) is 0 Å². The number of benzene rings is 3. The van der Waals surface area contributed by atoms with Crippen LogP contribution in [0.4, 0.5) is 5.69 Å². The smallest absolute Gasteiger partial charge is 0.244 e. The molecule has 39 heavy (non-hydrogen) atoms. The summed E-state index contributed by atoms with van der Waals surface area (Å²) in [6.45, 7) is 3.41. The van der Waals surface area contributed by atoms with E-state index in [1.807, 2.05) is 44.2 Å². The predicted octanol–water partition coefficient (Wildman–Crippen LogP) is 5.42. The number of carbonyl (C=O) groups excluding carboxylic acids is 2. The van der Waals surface area contributed by atoms with Crippen molar-refractivity contribution in [1.82, 2.24) is 10.2 Å². The molecule has 2 amide bonds. The molecule has 0 unspecified atom stereocenters. The molecule has 0 aliphatic heterocycles. The molecule has 0 heterocycles. The van der Waals surface area contributed by atoms with E-state index in [0.717, 1.165) is 20.6 Å². The highest BCUT2D eigenvalue weighted by atomic mass is 79.9. The summed E-state index contributed by atoms with van der Waals surface area (Å²) in [6, 6.07) is 22.2. The Morgan fingerprint density at radius 3 is 2.18 bits per heavy atom. The van der Waals surface area contributed by atoms with Crippen LogP contribution in [0.15, 0.2) is 83.3 Å². The highest BCUT2D eigenvalue weighted by Crippen LogP contribution is 2.24. The van der Waals surface area contributed by atoms with Gasteiger partial charge in [0.2, 0.25) is 21.8 Å². The maximum atomic E-state index is 14.0. The van der Waals surface area contributed by atoms with E-state index in [1.54, 1.807) is 48.5 Å². The van der Waals surface area contributed by atoms with Crippen molar-refractivity contribution in [3.05, 3.63) is 99.5 Å². The number of hydrogen-bond donors (Lipinski definition) is 1. The van der Waals surface area contributed by atoms with Gasteiger partial charge in [-0.1, -0.05) is 83.0 Å². The molecule has 208 valence electrons. The molecule has 0 radical (unpaired) electrons. The largest absolute Gasteiger partial charge is 0.352 e. The number of sulfonamides is 1. The third-order valence-electron chi connectivity index (χ3n) is 6.36. The Bertz CT molecular complexity index is 1370. The lowest BCUT2D eigenvalue weighted by Crippen LogP contribution is -2.54. The molecule has 2 atom stereocenters. The van der Waals surface area contributed by atoms with Gasteiger partial charge in [-0.2, -0.15) is 0 Å². The third-order valence-corrected chi connectivity index (χ3v) is 8.40. The molecule has 0 saturated carbocycles. The van der Waals surface area contributed by atoms with Gasteiger partial charge in [-0.05, 0) is 54.8 Å². The standard InChI is InChI=1S/C29H33BrClN3O4S/c1-4-21(2)32-29(36)27(18-22-10-6-5-7-11-22)33(19-23-12-8-9-13-26(23)31)28(35)20-34(39(3,37)38)25-16-14-24(30)15-17-25/h5-17,21,27H,4,18-20H2,1-3H3,(H,32,36)/t21-,27+/m0/s1. The predicted molar refractivity (Wildman–Crippen MR) is 160 cm³/mol. The van der Waals surface area contributed by atoms with Crippen molar-refractivity contribution in [2.45, 2.75) is 45.3 Å². The van der Waals surface area contributed by atoms with Crippen LogP contribution in [0.25, 0.3) is 0 Å². The fraction of sp³-hybridized carbons (Fsp3) is 0.310. The van der Waals surface area contributed by atoms with Crippen LogP contribution < -0.4 is 9.62 Å². The van der Waals surface area contributed by atoms with Crippen LogP contribution in [0.2, 0.25) is 5.02 Å². The van der Waals surface area contributed by atoms with Gasteiger partial charge in [0, 0.05) is 28.5 Å². The summed E-state index contributed by atoms with van der Waals surface area (Å²) in [6.07, 6.45) is 2.02. The molecule has 0 saturated heterocycles. The summed E-state index contributed by atoms with van der Waals surface area (Å²) in [5.74, 6) is -0.841. The molecule has 3 rings (SSSR count). The molecule has 1 N–H and O–H groups in total. The zero-order valence-electron chi connectivity index (χ0n) is 22.2. The monoisotopic (exact) mass is 633 g/mol. The highest BCUT2D eigenvalue weighted by Gasteiger charge is 2.33. The van der Waals surface area contributed by atoms with Crippen LogP contribution >= 0.6 is 27.5 Å². The lowest BCUT2D eigenvalue weighted by atomic mass is 10.0. The maximum Gasteiger partial charge on any atom is 0.244 e. The van der Waals surface area contributed by atoms with Gasteiger partial charge in [-0.3, -0.25) is 13.9 Å². The van der Waals surface area contributed by atoms with Crippen LogP contribution in [-0.2, 0) is 32.6 Å². The Morgan fingerprint density at radius 1 is 0.974 bits per heavy atom. The van der Waals surface area contributed by atoms with Crippen molar-refractivity contribution in [2.24, 2.45) is 0 Å². The topological polar surface area (TPSA) is 86.8 Å². The van der Waals surface area contributed by atoms with Gasteiger partial charge in [-0.25, -0.2) is 8.42 Å². The van der Waals surface area contributed by atoms with E-state index < -0.39 is 28.5 Å². The number of halogens is 2. The van der Waals surface area contributed by atoms with Crippen LogP contribution in [0, 0.1) is 0 Å². The molecule has 0 aliphatic carbocycles. The molecule has 3 aromatic carbocycles. The minimum atomic E-state index is -3.82. The van der Waals surface area contributed by atoms with Crippen LogP contribution in [0.3, 0.4) is 0 Å². The quantitative estimate of drug-likeness (QED) is 0.288. The second kappa shape index (κ2) is 14.0. The second-order valence-corrected chi connectivity index (χ2v) is 12.6. The van der Waals surface area contributed by atoms with E-state index in [-0.39, 0.29) is 24.9 Å². The van der Waals surface area contributed by atoms with Crippen LogP contribution in [0.1, 0.15) is 31.4 Å². The van der Waals surface area contributed by atoms with Gasteiger partial charge >= 0.3 is 0 Å². The molecule has 0 aromatic heterocycles. The first-order valence-corrected chi connectivity index (χ1v) is 15.6. The van der Waals surface area contributed by atoms with Gasteiger partial charge in [0.05, 0.1) is 11.9 Å². The Labute approximate surface area is 244 Å². The maximum absolute atomic E-state index is 14.0. The van der Waals surface area contributed by atoms with Crippen molar-refractivity contribution in [2.75, 3.05) is 17.1 Å². The molecule has 3 aromatic rings. The summed E-state index contributed by atoms with van der Waals surface area (Å²) < 4.78 is 27.4. The molecule has 0 spiro atoms. The number of rotatable bonds is 12. The molecular weight excluding hydrogens is 602 g/mol. The Kier molecular flexibility index (Phi) is 11.0. The van der Waals surface area contributed by atoms with E-state index in [0.29, 0.717) is 22.7 Å². The van der Waals surface area contributed by atoms with E-state index in [4.69, 9.17) is 11.6 Å². The average molecular weight is 635 g/mol. The van der Waals surface area contributed by atoms with Crippen molar-refractivity contribution < 1.29 is 18.0 Å². The number of anilines is 1. The van der Waals surface area contributed by atoms with Gasteiger partial charge in [0.25, 0.3) is 0 Å². The Balaban J connectivity index is 2.06. The van der Waals surface area contributed by atoms with E-state index in [1.165, 1.54) is 4.90 Å². The zero-order chi connectivity index (χ0) is 28.6. The van der Waals surface area contributed by atoms with Crippen LogP contribution in [-0.4, -0.2) is 50.0 Å². The van der Waals surface area contributed by atoms with E-state index >= 15 is 0 Å². The van der Waals surface area contributed by atoms with Crippen molar-refractivity contribution in [1.29, 1.82) is 0 Å². The number of amides is 2. The van der Waals surface area contributed by atoms with Gasteiger partial charge in [0.15, 0.2) is 0 Å². The van der Waals surface area contributed by atoms with Gasteiger partial charge in [0.1, 0.15) is 12.6 Å². The molecule has 0 aliphatic rings. The van der Waals surface area contributed by atoms with Gasteiger partial charge in [-0.15, -0.1) is 0 Å². The summed E-state index contributed by atoms with van der Waals surface area (Å²) in [4.78, 5) is 29.1. The molecule has 0 bridgehead atoms. The number of nitrogens with zero attached hydrogens (tertiary/aromatic N) is 2. The Hall–Kier alpha value is -2.88. The first-order chi connectivity index (χ1) is 18.5. The molecule has 7 nitrogen and oxygen atoms in total. The first-order valence-electron chi connectivity index (χ1n) is 12.6. The number of hydrogen-bond acceptors (Lipinski definition) is 4. The summed E-state index contributed by atoms with van der Waals surface area (Å²) in [7, 11) is -3.82. The Morgan fingerprint density at radius 2 is 1.59 bits per heavy atom. The molecule has 10 heteroatoms. The highest BCUT2D eigenvalue weighted by molar-refractivity contribution is 9.10. The zero-order valence-corrected chi connectivity index (χ0v) is 25.3. The fourth-order valence-corrected chi connectivity index (χ4v) is 5.34. The van der Waals surface area contributed by atoms with Crippen LogP contribution in [0.5, 0.6) is 0 Å². The van der Waals surface area contributed by atoms with E-state index in [9.17, 15) is 18.0 Å². The first kappa shape index (κ1) is 30.7. The normalized spacial score (nSPS) is 12.8. The van der Waals surface area contributed by atoms with Crippen molar-refractivity contribution in [3.63, 3.8) is 0 Å². The van der Waals surface area contributed by atoms with Gasteiger partial charge < -0.3 is 10.2 Å². The summed E-state index contributed by atoms with van der Waals surface area (Å²) in [5, 5.41) is 3.45. The minimum Gasteiger partial charge on any atom is -0.352 e. The number of carbonyl (C=O) groups is 2. The number of nitrogens with one attached hydrogen (secondary N) is 1. The van der Waals surface area contributed by atoms with E-state index in [2.05, 4.69) is 21.2 Å². The minimum absolute atomic E-state index is 0.0296. The lowest BCUT2D eigenvalue weighted by molar-refractivity contribution is -0.140. The fourth-order valence-electron chi connectivity index (χ4n) is 4.03. The average Bonchev–Trinajstić information content (AvgIpc) is 2.90. The SMILES string of the molecule is CC[C@H](C)NC(=O)[C@@H](Cc1ccccc1)N(Cc1ccccc1Cl)C(=O)CN(c1ccc(Br)cc1)S(C)(=O)=O. The third kappa shape index (κ3) is 8.81. The van der Waals surface area contributed by atoms with Crippen molar-refractivity contribution >= 4 is 55.1 Å². The second-order valence-electron chi connectivity index (χ2n) is 9.38.